The predicted molar refractivity (Wildman–Crippen MR) is 99.6 cm³/mol. The predicted octanol–water partition coefficient (Wildman–Crippen LogP) is 0.918. The summed E-state index contributed by atoms with van der Waals surface area (Å²) < 4.78 is 22.8. The number of benzene rings is 1. The molecule has 0 radical (unpaired) electrons. The van der Waals surface area contributed by atoms with Crippen molar-refractivity contribution in [3.63, 3.8) is 0 Å². The van der Waals surface area contributed by atoms with Crippen molar-refractivity contribution in [2.45, 2.75) is 51.0 Å². The second kappa shape index (κ2) is 8.20. The lowest BCUT2D eigenvalue weighted by Gasteiger charge is -2.16. The van der Waals surface area contributed by atoms with Crippen LogP contribution < -0.4 is 10.6 Å². The second-order valence-corrected chi connectivity index (χ2v) is 9.48. The first-order chi connectivity index (χ1) is 12.4. The molecule has 6 nitrogen and oxygen atoms in total. The van der Waals surface area contributed by atoms with E-state index in [1.807, 2.05) is 6.07 Å². The van der Waals surface area contributed by atoms with E-state index in [-0.39, 0.29) is 42.3 Å². The van der Waals surface area contributed by atoms with Crippen LogP contribution in [0.2, 0.25) is 0 Å². The van der Waals surface area contributed by atoms with Gasteiger partial charge in [-0.05, 0) is 48.8 Å². The number of nitrogens with one attached hydrogen (secondary N) is 2. The van der Waals surface area contributed by atoms with Crippen molar-refractivity contribution >= 4 is 21.7 Å². The third-order valence-corrected chi connectivity index (χ3v) is 6.82. The lowest BCUT2D eigenvalue weighted by molar-refractivity contribution is -0.122. The number of hydrogen-bond acceptors (Lipinski definition) is 4. The number of sulfone groups is 1. The molecule has 2 N–H and O–H groups in total. The fourth-order valence-electron chi connectivity index (χ4n) is 3.67. The van der Waals surface area contributed by atoms with Crippen molar-refractivity contribution in [1.82, 2.24) is 10.6 Å². The van der Waals surface area contributed by atoms with E-state index in [0.29, 0.717) is 12.8 Å². The van der Waals surface area contributed by atoms with Gasteiger partial charge in [-0.25, -0.2) is 8.42 Å². The Balaban J connectivity index is 1.38. The topological polar surface area (TPSA) is 92.3 Å². The standard InChI is InChI=1S/C19H26N2O4S/c22-18(21-17-8-10-26(24,25)13-17)7-9-20-19(23)12-14-5-6-15-3-1-2-4-16(15)11-14/h5-6,11,17H,1-4,7-10,12-13H2,(H,20,23)(H,21,22)/t17-/m0/s1. The van der Waals surface area contributed by atoms with Gasteiger partial charge in [-0.15, -0.1) is 0 Å². The van der Waals surface area contributed by atoms with Crippen LogP contribution in [-0.4, -0.2) is 44.3 Å². The Hall–Kier alpha value is -1.89. The minimum absolute atomic E-state index is 0.0173. The lowest BCUT2D eigenvalue weighted by Crippen LogP contribution is -2.38. The fraction of sp³-hybridized carbons (Fsp3) is 0.579. The fourth-order valence-corrected chi connectivity index (χ4v) is 5.34. The molecule has 1 aliphatic carbocycles. The van der Waals surface area contributed by atoms with Gasteiger partial charge in [0, 0.05) is 19.0 Å². The average Bonchev–Trinajstić information content (AvgIpc) is 2.93. The van der Waals surface area contributed by atoms with Crippen LogP contribution in [0.5, 0.6) is 0 Å². The lowest BCUT2D eigenvalue weighted by atomic mass is 9.90. The number of carbonyl (C=O) groups excluding carboxylic acids is 2. The number of amides is 2. The molecule has 0 aromatic heterocycles. The molecule has 1 aliphatic heterocycles. The molecule has 0 unspecified atom stereocenters. The monoisotopic (exact) mass is 378 g/mol. The molecule has 1 aromatic carbocycles. The highest BCUT2D eigenvalue weighted by Crippen LogP contribution is 2.22. The largest absolute Gasteiger partial charge is 0.355 e. The zero-order chi connectivity index (χ0) is 18.6. The SMILES string of the molecule is O=C(Cc1ccc2c(c1)CCCC2)NCCC(=O)N[C@H]1CCS(=O)(=O)C1. The highest BCUT2D eigenvalue weighted by atomic mass is 32.2. The van der Waals surface area contributed by atoms with E-state index in [0.717, 1.165) is 18.4 Å². The smallest absolute Gasteiger partial charge is 0.224 e. The number of hydrogen-bond donors (Lipinski definition) is 2. The normalized spacial score (nSPS) is 21.0. The van der Waals surface area contributed by atoms with Crippen molar-refractivity contribution in [2.75, 3.05) is 18.1 Å². The summed E-state index contributed by atoms with van der Waals surface area (Å²) in [6.07, 6.45) is 5.60. The Bertz CT molecular complexity index is 789. The van der Waals surface area contributed by atoms with Crippen LogP contribution in [0.3, 0.4) is 0 Å². The van der Waals surface area contributed by atoms with Crippen LogP contribution in [0.15, 0.2) is 18.2 Å². The van der Waals surface area contributed by atoms with Gasteiger partial charge in [-0.3, -0.25) is 9.59 Å². The molecule has 1 atom stereocenters. The summed E-state index contributed by atoms with van der Waals surface area (Å²) in [7, 11) is -3.00. The summed E-state index contributed by atoms with van der Waals surface area (Å²) >= 11 is 0. The zero-order valence-electron chi connectivity index (χ0n) is 14.9. The minimum atomic E-state index is -3.00. The molecular formula is C19H26N2O4S. The molecule has 1 saturated heterocycles. The van der Waals surface area contributed by atoms with Crippen LogP contribution in [0, 0.1) is 0 Å². The third kappa shape index (κ3) is 5.30. The van der Waals surface area contributed by atoms with E-state index in [9.17, 15) is 18.0 Å². The highest BCUT2D eigenvalue weighted by molar-refractivity contribution is 7.91. The van der Waals surface area contributed by atoms with E-state index in [1.165, 1.54) is 24.0 Å². The summed E-state index contributed by atoms with van der Waals surface area (Å²) in [6.45, 7) is 0.259. The second-order valence-electron chi connectivity index (χ2n) is 7.25. The van der Waals surface area contributed by atoms with Crippen LogP contribution in [0.1, 0.15) is 42.4 Å². The van der Waals surface area contributed by atoms with E-state index in [1.54, 1.807) is 0 Å². The van der Waals surface area contributed by atoms with Crippen LogP contribution in [-0.2, 0) is 38.7 Å². The van der Waals surface area contributed by atoms with Crippen molar-refractivity contribution in [3.8, 4) is 0 Å². The Labute approximate surface area is 154 Å². The van der Waals surface area contributed by atoms with Gasteiger partial charge in [-0.2, -0.15) is 0 Å². The quantitative estimate of drug-likeness (QED) is 0.770. The van der Waals surface area contributed by atoms with Gasteiger partial charge in [-0.1, -0.05) is 18.2 Å². The van der Waals surface area contributed by atoms with Crippen molar-refractivity contribution in [1.29, 1.82) is 0 Å². The van der Waals surface area contributed by atoms with Gasteiger partial charge in [0.15, 0.2) is 9.84 Å². The number of rotatable bonds is 6. The van der Waals surface area contributed by atoms with Gasteiger partial charge in [0.05, 0.1) is 17.9 Å². The Morgan fingerprint density at radius 3 is 2.58 bits per heavy atom. The van der Waals surface area contributed by atoms with Gasteiger partial charge in [0.2, 0.25) is 11.8 Å². The first-order valence-corrected chi connectivity index (χ1v) is 11.1. The average molecular weight is 378 g/mol. The molecule has 2 aliphatic rings. The zero-order valence-corrected chi connectivity index (χ0v) is 15.7. The van der Waals surface area contributed by atoms with Crippen molar-refractivity contribution < 1.29 is 18.0 Å². The van der Waals surface area contributed by atoms with Crippen LogP contribution in [0.25, 0.3) is 0 Å². The summed E-state index contributed by atoms with van der Waals surface area (Å²) in [6, 6.07) is 5.97. The first kappa shape index (κ1) is 18.9. The minimum Gasteiger partial charge on any atom is -0.355 e. The molecule has 2 amide bonds. The number of carbonyl (C=O) groups is 2. The van der Waals surface area contributed by atoms with Crippen molar-refractivity contribution in [3.05, 3.63) is 34.9 Å². The maximum absolute atomic E-state index is 12.1. The molecule has 1 heterocycles. The van der Waals surface area contributed by atoms with E-state index >= 15 is 0 Å². The molecule has 1 aromatic rings. The number of aryl methyl sites for hydroxylation is 2. The van der Waals surface area contributed by atoms with E-state index in [4.69, 9.17) is 0 Å². The van der Waals surface area contributed by atoms with Crippen LogP contribution >= 0.6 is 0 Å². The van der Waals surface area contributed by atoms with E-state index in [2.05, 4.69) is 22.8 Å². The highest BCUT2D eigenvalue weighted by Gasteiger charge is 2.28. The molecule has 142 valence electrons. The molecule has 0 saturated carbocycles. The van der Waals surface area contributed by atoms with Gasteiger partial charge < -0.3 is 10.6 Å². The van der Waals surface area contributed by atoms with Gasteiger partial charge in [0.1, 0.15) is 0 Å². The van der Waals surface area contributed by atoms with E-state index < -0.39 is 9.84 Å². The van der Waals surface area contributed by atoms with Crippen LogP contribution in [0.4, 0.5) is 0 Å². The summed E-state index contributed by atoms with van der Waals surface area (Å²) in [4.78, 5) is 23.9. The Morgan fingerprint density at radius 2 is 1.85 bits per heavy atom. The molecule has 1 fully saturated rings. The maximum atomic E-state index is 12.1. The molecule has 3 rings (SSSR count). The maximum Gasteiger partial charge on any atom is 0.224 e. The summed E-state index contributed by atoms with van der Waals surface area (Å²) in [5.41, 5.74) is 3.75. The van der Waals surface area contributed by atoms with Gasteiger partial charge in [0.25, 0.3) is 0 Å². The molecule has 7 heteroatoms. The Morgan fingerprint density at radius 1 is 1.08 bits per heavy atom. The molecule has 26 heavy (non-hydrogen) atoms. The Kier molecular flexibility index (Phi) is 5.96. The van der Waals surface area contributed by atoms with Gasteiger partial charge >= 0.3 is 0 Å². The summed E-state index contributed by atoms with van der Waals surface area (Å²) in [5, 5.41) is 5.49. The molecule has 0 bridgehead atoms. The third-order valence-electron chi connectivity index (χ3n) is 5.05. The first-order valence-electron chi connectivity index (χ1n) is 9.28. The summed E-state index contributed by atoms with van der Waals surface area (Å²) in [5.74, 6) is -0.169. The van der Waals surface area contributed by atoms with Crippen molar-refractivity contribution in [2.24, 2.45) is 0 Å². The molecule has 0 spiro atoms. The number of fused-ring (bicyclic) bond motifs is 1. The molecular weight excluding hydrogens is 352 g/mol.